The maximum Gasteiger partial charge on any atom is 0.228 e. The molecule has 0 saturated carbocycles. The molecule has 1 unspecified atom stereocenters. The minimum atomic E-state index is -0.533. The third-order valence-corrected chi connectivity index (χ3v) is 3.90. The molecule has 0 aromatic carbocycles. The Balaban J connectivity index is 1.64. The molecule has 6 heteroatoms. The van der Waals surface area contributed by atoms with E-state index in [2.05, 4.69) is 4.90 Å². The van der Waals surface area contributed by atoms with Gasteiger partial charge in [0.1, 0.15) is 12.4 Å². The lowest BCUT2D eigenvalue weighted by Crippen LogP contribution is -2.53. The molecule has 1 aromatic heterocycles. The normalized spacial score (nSPS) is 18.2. The van der Waals surface area contributed by atoms with Gasteiger partial charge in [0, 0.05) is 38.1 Å². The molecule has 2 heterocycles. The molecule has 1 fully saturated rings. The minimum absolute atomic E-state index is 0.194. The van der Waals surface area contributed by atoms with Gasteiger partial charge in [0.25, 0.3) is 0 Å². The van der Waals surface area contributed by atoms with Gasteiger partial charge in [-0.25, -0.2) is 0 Å². The number of hydrogen-bond acceptors (Lipinski definition) is 5. The summed E-state index contributed by atoms with van der Waals surface area (Å²) in [5.74, 6) is 0.950. The number of β-amino-alcohol motifs (C(OH)–C–C–N with tert-alkyl or cyclic N) is 1. The van der Waals surface area contributed by atoms with Gasteiger partial charge >= 0.3 is 0 Å². The highest BCUT2D eigenvalue weighted by Crippen LogP contribution is 2.18. The first kappa shape index (κ1) is 18.0. The van der Waals surface area contributed by atoms with E-state index in [9.17, 15) is 9.90 Å². The third-order valence-electron chi connectivity index (χ3n) is 3.90. The van der Waals surface area contributed by atoms with E-state index in [1.165, 1.54) is 0 Å². The van der Waals surface area contributed by atoms with Gasteiger partial charge < -0.3 is 19.2 Å². The van der Waals surface area contributed by atoms with E-state index in [-0.39, 0.29) is 17.9 Å². The number of furan rings is 1. The van der Waals surface area contributed by atoms with E-state index in [0.717, 1.165) is 31.9 Å². The van der Waals surface area contributed by atoms with Gasteiger partial charge in [-0.05, 0) is 12.1 Å². The first-order valence-electron chi connectivity index (χ1n) is 8.16. The first-order valence-corrected chi connectivity index (χ1v) is 8.16. The number of amides is 1. The second kappa shape index (κ2) is 7.95. The summed E-state index contributed by atoms with van der Waals surface area (Å²) in [7, 11) is 0. The number of aliphatic hydroxyl groups is 1. The lowest BCUT2D eigenvalue weighted by atomic mass is 9.94. The monoisotopic (exact) mass is 324 g/mol. The Bertz CT molecular complexity index is 473. The SMILES string of the molecule is CC(C)(C)C(=O)N1CCN(CC(O)COCc2ccco2)CC1. The molecular formula is C17H28N2O4. The van der Waals surface area contributed by atoms with E-state index in [4.69, 9.17) is 9.15 Å². The standard InChI is InChI=1S/C17H28N2O4/c1-17(2,3)16(21)19-8-6-18(7-9-19)11-14(20)12-22-13-15-5-4-10-23-15/h4-5,10,14,20H,6-9,11-13H2,1-3H3. The fourth-order valence-corrected chi connectivity index (χ4v) is 2.65. The highest BCUT2D eigenvalue weighted by atomic mass is 16.5. The Labute approximate surface area is 138 Å². The van der Waals surface area contributed by atoms with Crippen molar-refractivity contribution in [3.8, 4) is 0 Å². The second-order valence-electron chi connectivity index (χ2n) is 7.09. The van der Waals surface area contributed by atoms with Crippen molar-refractivity contribution in [1.82, 2.24) is 9.80 Å². The molecule has 23 heavy (non-hydrogen) atoms. The van der Waals surface area contributed by atoms with Crippen molar-refractivity contribution in [3.63, 3.8) is 0 Å². The van der Waals surface area contributed by atoms with E-state index in [0.29, 0.717) is 13.2 Å². The van der Waals surface area contributed by atoms with E-state index >= 15 is 0 Å². The van der Waals surface area contributed by atoms with Crippen molar-refractivity contribution >= 4 is 5.91 Å². The molecule has 0 spiro atoms. The van der Waals surface area contributed by atoms with Crippen molar-refractivity contribution in [2.75, 3.05) is 39.3 Å². The van der Waals surface area contributed by atoms with Crippen LogP contribution in [0.25, 0.3) is 0 Å². The fourth-order valence-electron chi connectivity index (χ4n) is 2.65. The van der Waals surface area contributed by atoms with Crippen LogP contribution in [0.15, 0.2) is 22.8 Å². The molecule has 0 radical (unpaired) electrons. The molecule has 130 valence electrons. The summed E-state index contributed by atoms with van der Waals surface area (Å²) < 4.78 is 10.6. The smallest absolute Gasteiger partial charge is 0.228 e. The van der Waals surface area contributed by atoms with Gasteiger partial charge in [0.15, 0.2) is 0 Å². The number of hydrogen-bond donors (Lipinski definition) is 1. The van der Waals surface area contributed by atoms with Gasteiger partial charge in [0.05, 0.1) is 19.0 Å². The van der Waals surface area contributed by atoms with Crippen LogP contribution in [-0.4, -0.2) is 66.2 Å². The van der Waals surface area contributed by atoms with Gasteiger partial charge in [-0.15, -0.1) is 0 Å². The second-order valence-corrected chi connectivity index (χ2v) is 7.09. The van der Waals surface area contributed by atoms with Gasteiger partial charge in [-0.3, -0.25) is 9.69 Å². The summed E-state index contributed by atoms with van der Waals surface area (Å²) in [6.07, 6.45) is 1.07. The summed E-state index contributed by atoms with van der Waals surface area (Å²) in [5.41, 5.74) is -0.332. The molecule has 1 atom stereocenters. The quantitative estimate of drug-likeness (QED) is 0.855. The molecule has 0 bridgehead atoms. The molecule has 1 aliphatic heterocycles. The summed E-state index contributed by atoms with van der Waals surface area (Å²) in [6.45, 7) is 10.1. The largest absolute Gasteiger partial charge is 0.467 e. The zero-order valence-corrected chi connectivity index (χ0v) is 14.3. The van der Waals surface area contributed by atoms with Gasteiger partial charge in [0.2, 0.25) is 5.91 Å². The number of nitrogens with zero attached hydrogens (tertiary/aromatic N) is 2. The Morgan fingerprint density at radius 1 is 1.35 bits per heavy atom. The molecule has 6 nitrogen and oxygen atoms in total. The molecule has 0 aliphatic carbocycles. The lowest BCUT2D eigenvalue weighted by Gasteiger charge is -2.38. The van der Waals surface area contributed by atoms with Crippen LogP contribution in [0.2, 0.25) is 0 Å². The number of carbonyl (C=O) groups is 1. The van der Waals surface area contributed by atoms with Crippen LogP contribution in [-0.2, 0) is 16.1 Å². The highest BCUT2D eigenvalue weighted by molar-refractivity contribution is 5.81. The number of piperazine rings is 1. The van der Waals surface area contributed by atoms with Crippen LogP contribution >= 0.6 is 0 Å². The van der Waals surface area contributed by atoms with E-state index in [1.54, 1.807) is 6.26 Å². The molecule has 1 amide bonds. The average Bonchev–Trinajstić information content (AvgIpc) is 2.99. The number of rotatable bonds is 6. The molecule has 1 aromatic rings. The van der Waals surface area contributed by atoms with E-state index in [1.807, 2.05) is 37.8 Å². The Morgan fingerprint density at radius 3 is 2.61 bits per heavy atom. The summed E-state index contributed by atoms with van der Waals surface area (Å²) in [6, 6.07) is 3.66. The Morgan fingerprint density at radius 2 is 2.04 bits per heavy atom. The van der Waals surface area contributed by atoms with Crippen molar-refractivity contribution in [2.24, 2.45) is 5.41 Å². The topological polar surface area (TPSA) is 66.2 Å². The van der Waals surface area contributed by atoms with Crippen molar-refractivity contribution in [1.29, 1.82) is 0 Å². The molecule has 1 N–H and O–H groups in total. The highest BCUT2D eigenvalue weighted by Gasteiger charge is 2.29. The van der Waals surface area contributed by atoms with Crippen molar-refractivity contribution < 1.29 is 19.1 Å². The van der Waals surface area contributed by atoms with Crippen LogP contribution in [0, 0.1) is 5.41 Å². The molecule has 1 aliphatic rings. The zero-order chi connectivity index (χ0) is 16.9. The molecule has 1 saturated heterocycles. The van der Waals surface area contributed by atoms with Gasteiger partial charge in [-0.2, -0.15) is 0 Å². The minimum Gasteiger partial charge on any atom is -0.467 e. The molecular weight excluding hydrogens is 296 g/mol. The van der Waals surface area contributed by atoms with E-state index < -0.39 is 6.10 Å². The number of aliphatic hydroxyl groups excluding tert-OH is 1. The Hall–Kier alpha value is -1.37. The number of ether oxygens (including phenoxy) is 1. The predicted octanol–water partition coefficient (Wildman–Crippen LogP) is 1.35. The zero-order valence-electron chi connectivity index (χ0n) is 14.3. The van der Waals surface area contributed by atoms with Crippen LogP contribution in [0.3, 0.4) is 0 Å². The summed E-state index contributed by atoms with van der Waals surface area (Å²) >= 11 is 0. The lowest BCUT2D eigenvalue weighted by molar-refractivity contribution is -0.141. The van der Waals surface area contributed by atoms with Crippen LogP contribution in [0.1, 0.15) is 26.5 Å². The summed E-state index contributed by atoms with van der Waals surface area (Å²) in [5, 5.41) is 10.1. The number of carbonyl (C=O) groups excluding carboxylic acids is 1. The Kier molecular flexibility index (Phi) is 6.21. The third kappa shape index (κ3) is 5.64. The van der Waals surface area contributed by atoms with Crippen LogP contribution in [0.5, 0.6) is 0 Å². The maximum atomic E-state index is 12.2. The first-order chi connectivity index (χ1) is 10.9. The van der Waals surface area contributed by atoms with Crippen molar-refractivity contribution in [3.05, 3.63) is 24.2 Å². The predicted molar refractivity (Wildman–Crippen MR) is 86.8 cm³/mol. The van der Waals surface area contributed by atoms with Gasteiger partial charge in [-0.1, -0.05) is 20.8 Å². The molecule has 2 rings (SSSR count). The van der Waals surface area contributed by atoms with Crippen molar-refractivity contribution in [2.45, 2.75) is 33.5 Å². The summed E-state index contributed by atoms with van der Waals surface area (Å²) in [4.78, 5) is 16.3. The van der Waals surface area contributed by atoms with Crippen LogP contribution < -0.4 is 0 Å². The fraction of sp³-hybridized carbons (Fsp3) is 0.706. The maximum absolute atomic E-state index is 12.2. The average molecular weight is 324 g/mol. The van der Waals surface area contributed by atoms with Crippen LogP contribution in [0.4, 0.5) is 0 Å².